The Balaban J connectivity index is 1.62. The van der Waals surface area contributed by atoms with Gasteiger partial charge in [-0.1, -0.05) is 18.2 Å². The molecule has 1 aromatic carbocycles. The minimum atomic E-state index is -0.852. The van der Waals surface area contributed by atoms with Crippen molar-refractivity contribution >= 4 is 17.8 Å². The Labute approximate surface area is 151 Å². The summed E-state index contributed by atoms with van der Waals surface area (Å²) >= 11 is 0. The molecule has 1 aromatic heterocycles. The van der Waals surface area contributed by atoms with Crippen molar-refractivity contribution in [3.63, 3.8) is 0 Å². The number of rotatable bonds is 3. The van der Waals surface area contributed by atoms with Crippen LogP contribution in [-0.2, 0) is 0 Å². The van der Waals surface area contributed by atoms with Gasteiger partial charge in [-0.3, -0.25) is 9.59 Å². The molecule has 0 radical (unpaired) electrons. The van der Waals surface area contributed by atoms with Crippen LogP contribution in [0.3, 0.4) is 0 Å². The number of nitrogens with zero attached hydrogens (tertiary/aromatic N) is 3. The van der Waals surface area contributed by atoms with Gasteiger partial charge in [-0.25, -0.2) is 9.97 Å². The van der Waals surface area contributed by atoms with E-state index in [0.29, 0.717) is 29.8 Å². The predicted molar refractivity (Wildman–Crippen MR) is 95.4 cm³/mol. The summed E-state index contributed by atoms with van der Waals surface area (Å²) in [6, 6.07) is 8.48. The molecular weight excluding hydrogens is 334 g/mol. The number of amides is 2. The third kappa shape index (κ3) is 3.80. The van der Waals surface area contributed by atoms with Crippen molar-refractivity contribution in [2.45, 2.75) is 25.5 Å². The maximum atomic E-state index is 12.5. The van der Waals surface area contributed by atoms with Crippen molar-refractivity contribution in [2.24, 2.45) is 0 Å². The molecule has 0 aliphatic carbocycles. The van der Waals surface area contributed by atoms with E-state index in [2.05, 4.69) is 15.3 Å². The lowest BCUT2D eigenvalue weighted by atomic mass is 10.0. The van der Waals surface area contributed by atoms with Crippen LogP contribution in [0, 0.1) is 6.92 Å². The molecule has 2 aromatic rings. The number of nitrogens with one attached hydrogen (secondary N) is 1. The highest BCUT2D eigenvalue weighted by atomic mass is 16.3. The summed E-state index contributed by atoms with van der Waals surface area (Å²) in [5.41, 5.74) is 6.86. The van der Waals surface area contributed by atoms with E-state index >= 15 is 0 Å². The standard InChI is InChI=1S/C18H21N5O3/c1-11-13(9-20-18(19)21-11)16(25)22-14-7-8-23(10-15(14)24)17(26)12-5-3-2-4-6-12/h2-6,9,14-15,24H,7-8,10H2,1H3,(H,22,25)(H2,19,20,21)/t14-,15-/m1/s1. The van der Waals surface area contributed by atoms with E-state index in [1.807, 2.05) is 6.07 Å². The normalized spacial score (nSPS) is 19.8. The Kier molecular flexibility index (Phi) is 5.13. The first-order valence-corrected chi connectivity index (χ1v) is 8.38. The molecule has 26 heavy (non-hydrogen) atoms. The topological polar surface area (TPSA) is 121 Å². The number of nitrogens with two attached hydrogens (primary N) is 1. The first-order chi connectivity index (χ1) is 12.5. The summed E-state index contributed by atoms with van der Waals surface area (Å²) in [7, 11) is 0. The zero-order chi connectivity index (χ0) is 18.7. The molecule has 1 aliphatic rings. The van der Waals surface area contributed by atoms with Gasteiger partial charge in [0.25, 0.3) is 11.8 Å². The van der Waals surface area contributed by atoms with Crippen LogP contribution in [0.15, 0.2) is 36.5 Å². The highest BCUT2D eigenvalue weighted by molar-refractivity contribution is 5.95. The molecule has 1 aliphatic heterocycles. The summed E-state index contributed by atoms with van der Waals surface area (Å²) in [4.78, 5) is 34.3. The quantitative estimate of drug-likeness (QED) is 0.731. The molecule has 0 unspecified atom stereocenters. The van der Waals surface area contributed by atoms with Gasteiger partial charge in [0.15, 0.2) is 0 Å². The molecule has 2 heterocycles. The molecule has 8 nitrogen and oxygen atoms in total. The van der Waals surface area contributed by atoms with E-state index < -0.39 is 12.1 Å². The summed E-state index contributed by atoms with van der Waals surface area (Å²) in [5, 5.41) is 13.2. The van der Waals surface area contributed by atoms with Crippen LogP contribution in [0.4, 0.5) is 5.95 Å². The van der Waals surface area contributed by atoms with Crippen LogP contribution in [0.5, 0.6) is 0 Å². The van der Waals surface area contributed by atoms with E-state index in [-0.39, 0.29) is 24.3 Å². The molecular formula is C18H21N5O3. The number of anilines is 1. The van der Waals surface area contributed by atoms with Crippen molar-refractivity contribution < 1.29 is 14.7 Å². The number of carbonyl (C=O) groups excluding carboxylic acids is 2. The minimum Gasteiger partial charge on any atom is -0.389 e. The fourth-order valence-corrected chi connectivity index (χ4v) is 3.00. The monoisotopic (exact) mass is 355 g/mol. The average Bonchev–Trinajstić information content (AvgIpc) is 2.63. The van der Waals surface area contributed by atoms with Crippen LogP contribution in [0.2, 0.25) is 0 Å². The molecule has 1 saturated heterocycles. The molecule has 2 atom stereocenters. The SMILES string of the molecule is Cc1nc(N)ncc1C(=O)N[C@@H]1CCN(C(=O)c2ccccc2)C[C@H]1O. The zero-order valence-electron chi connectivity index (χ0n) is 14.4. The van der Waals surface area contributed by atoms with E-state index in [9.17, 15) is 14.7 Å². The van der Waals surface area contributed by atoms with Gasteiger partial charge in [0, 0.05) is 24.8 Å². The molecule has 0 bridgehead atoms. The van der Waals surface area contributed by atoms with Crippen LogP contribution in [0.25, 0.3) is 0 Å². The minimum absolute atomic E-state index is 0.104. The number of carbonyl (C=O) groups is 2. The number of benzene rings is 1. The molecule has 2 amide bonds. The Hall–Kier alpha value is -3.00. The second-order valence-corrected chi connectivity index (χ2v) is 6.28. The number of likely N-dealkylation sites (tertiary alicyclic amines) is 1. The van der Waals surface area contributed by atoms with Crippen LogP contribution < -0.4 is 11.1 Å². The van der Waals surface area contributed by atoms with Crippen LogP contribution >= 0.6 is 0 Å². The third-order valence-corrected chi connectivity index (χ3v) is 4.45. The molecule has 3 rings (SSSR count). The smallest absolute Gasteiger partial charge is 0.255 e. The number of piperidine rings is 1. The maximum absolute atomic E-state index is 12.5. The number of aliphatic hydroxyl groups is 1. The molecule has 0 spiro atoms. The Morgan fingerprint density at radius 2 is 2.04 bits per heavy atom. The number of aryl methyl sites for hydroxylation is 1. The number of aromatic nitrogens is 2. The molecule has 136 valence electrons. The Bertz CT molecular complexity index is 812. The van der Waals surface area contributed by atoms with Crippen molar-refractivity contribution in [3.8, 4) is 0 Å². The van der Waals surface area contributed by atoms with Gasteiger partial charge in [-0.2, -0.15) is 0 Å². The lowest BCUT2D eigenvalue weighted by Gasteiger charge is -2.36. The molecule has 8 heteroatoms. The fraction of sp³-hybridized carbons (Fsp3) is 0.333. The Morgan fingerprint density at radius 1 is 1.31 bits per heavy atom. The lowest BCUT2D eigenvalue weighted by molar-refractivity contribution is 0.0314. The lowest BCUT2D eigenvalue weighted by Crippen LogP contribution is -2.55. The fourth-order valence-electron chi connectivity index (χ4n) is 3.00. The van der Waals surface area contributed by atoms with Crippen LogP contribution in [0.1, 0.15) is 32.8 Å². The van der Waals surface area contributed by atoms with Gasteiger partial charge < -0.3 is 21.1 Å². The summed E-state index contributed by atoms with van der Waals surface area (Å²) in [5.74, 6) is -0.390. The second-order valence-electron chi connectivity index (χ2n) is 6.28. The molecule has 4 N–H and O–H groups in total. The Morgan fingerprint density at radius 3 is 2.69 bits per heavy atom. The largest absolute Gasteiger partial charge is 0.389 e. The molecule has 0 saturated carbocycles. The number of β-amino-alcohol motifs (C(OH)–C–C–N with tert-alkyl or cyclic N) is 1. The van der Waals surface area contributed by atoms with Crippen molar-refractivity contribution in [2.75, 3.05) is 18.8 Å². The number of hydrogen-bond acceptors (Lipinski definition) is 6. The maximum Gasteiger partial charge on any atom is 0.255 e. The van der Waals surface area contributed by atoms with E-state index in [4.69, 9.17) is 5.73 Å². The van der Waals surface area contributed by atoms with Crippen molar-refractivity contribution in [3.05, 3.63) is 53.3 Å². The highest BCUT2D eigenvalue weighted by Crippen LogP contribution is 2.16. The summed E-state index contributed by atoms with van der Waals surface area (Å²) < 4.78 is 0. The van der Waals surface area contributed by atoms with E-state index in [1.165, 1.54) is 6.20 Å². The first kappa shape index (κ1) is 17.8. The zero-order valence-corrected chi connectivity index (χ0v) is 14.4. The van der Waals surface area contributed by atoms with Gasteiger partial charge in [0.2, 0.25) is 5.95 Å². The molecule has 1 fully saturated rings. The first-order valence-electron chi connectivity index (χ1n) is 8.38. The van der Waals surface area contributed by atoms with Crippen molar-refractivity contribution in [1.29, 1.82) is 0 Å². The third-order valence-electron chi connectivity index (χ3n) is 4.45. The number of hydrogen-bond donors (Lipinski definition) is 3. The van der Waals surface area contributed by atoms with Gasteiger partial charge >= 0.3 is 0 Å². The van der Waals surface area contributed by atoms with Gasteiger partial charge in [0.1, 0.15) is 0 Å². The van der Waals surface area contributed by atoms with Crippen molar-refractivity contribution in [1.82, 2.24) is 20.2 Å². The van der Waals surface area contributed by atoms with E-state index in [1.54, 1.807) is 36.1 Å². The van der Waals surface area contributed by atoms with Crippen LogP contribution in [-0.4, -0.2) is 57.0 Å². The number of aliphatic hydroxyl groups excluding tert-OH is 1. The van der Waals surface area contributed by atoms with E-state index in [0.717, 1.165) is 0 Å². The van der Waals surface area contributed by atoms with Gasteiger partial charge in [-0.15, -0.1) is 0 Å². The van der Waals surface area contributed by atoms with Gasteiger partial charge in [0.05, 0.1) is 23.4 Å². The summed E-state index contributed by atoms with van der Waals surface area (Å²) in [6.07, 6.45) is 0.976. The van der Waals surface area contributed by atoms with Gasteiger partial charge in [-0.05, 0) is 25.5 Å². The predicted octanol–water partition coefficient (Wildman–Crippen LogP) is 0.373. The second kappa shape index (κ2) is 7.49. The highest BCUT2D eigenvalue weighted by Gasteiger charge is 2.32. The average molecular weight is 355 g/mol. The summed E-state index contributed by atoms with van der Waals surface area (Å²) in [6.45, 7) is 2.29. The number of nitrogen functional groups attached to an aromatic ring is 1.